The van der Waals surface area contributed by atoms with Gasteiger partial charge in [-0.2, -0.15) is 13.2 Å². The molecule has 1 saturated heterocycles. The van der Waals surface area contributed by atoms with Crippen molar-refractivity contribution in [2.24, 2.45) is 5.92 Å². The molecule has 0 radical (unpaired) electrons. The van der Waals surface area contributed by atoms with E-state index >= 15 is 0 Å². The highest BCUT2D eigenvalue weighted by Gasteiger charge is 2.40. The number of carbonyl (C=O) groups excluding carboxylic acids is 2. The van der Waals surface area contributed by atoms with Crippen LogP contribution in [0.5, 0.6) is 0 Å². The molecule has 1 saturated carbocycles. The van der Waals surface area contributed by atoms with Gasteiger partial charge in [0, 0.05) is 37.1 Å². The fraction of sp³-hybridized carbons (Fsp3) is 0.680. The first kappa shape index (κ1) is 29.2. The van der Waals surface area contributed by atoms with Crippen LogP contribution in [0.2, 0.25) is 0 Å². The summed E-state index contributed by atoms with van der Waals surface area (Å²) in [6.45, 7) is 9.94. The van der Waals surface area contributed by atoms with E-state index in [9.17, 15) is 31.2 Å². The van der Waals surface area contributed by atoms with Crippen LogP contribution in [0.15, 0.2) is 29.2 Å². The second kappa shape index (κ2) is 10.8. The third-order valence-corrected chi connectivity index (χ3v) is 8.25. The van der Waals surface area contributed by atoms with Crippen LogP contribution in [-0.2, 0) is 25.7 Å². The van der Waals surface area contributed by atoms with Crippen molar-refractivity contribution < 1.29 is 35.9 Å². The number of nitrogens with zero attached hydrogens (tertiary/aromatic N) is 2. The number of piperazine rings is 1. The van der Waals surface area contributed by atoms with Crippen LogP contribution in [0.25, 0.3) is 0 Å². The van der Waals surface area contributed by atoms with Gasteiger partial charge in [0.25, 0.3) is 0 Å². The molecule has 1 N–H and O–H groups in total. The van der Waals surface area contributed by atoms with Crippen molar-refractivity contribution in [2.75, 3.05) is 13.1 Å². The fourth-order valence-electron chi connectivity index (χ4n) is 5.01. The highest BCUT2D eigenvalue weighted by Crippen LogP contribution is 2.32. The van der Waals surface area contributed by atoms with Crippen LogP contribution < -0.4 is 4.72 Å². The molecule has 2 aliphatic rings. The quantitative estimate of drug-likeness (QED) is 0.603. The minimum atomic E-state index is -4.54. The molecule has 0 spiro atoms. The molecule has 3 rings (SSSR count). The molecule has 8 nitrogen and oxygen atoms in total. The van der Waals surface area contributed by atoms with Crippen LogP contribution in [0, 0.1) is 5.92 Å². The van der Waals surface area contributed by atoms with Gasteiger partial charge < -0.3 is 14.5 Å². The monoisotopic (exact) mass is 547 g/mol. The highest BCUT2D eigenvalue weighted by atomic mass is 32.2. The van der Waals surface area contributed by atoms with E-state index in [1.807, 2.05) is 18.7 Å². The predicted octanol–water partition coefficient (Wildman–Crippen LogP) is 4.40. The van der Waals surface area contributed by atoms with Gasteiger partial charge in [-0.15, -0.1) is 0 Å². The van der Waals surface area contributed by atoms with Gasteiger partial charge in [0.1, 0.15) is 5.60 Å². The number of ether oxygens (including phenoxy) is 1. The number of nitrogens with one attached hydrogen (secondary N) is 1. The summed E-state index contributed by atoms with van der Waals surface area (Å²) in [5.41, 5.74) is -1.52. The van der Waals surface area contributed by atoms with Crippen LogP contribution >= 0.6 is 0 Å². The molecule has 1 aliphatic heterocycles. The summed E-state index contributed by atoms with van der Waals surface area (Å²) in [5, 5.41) is 0. The molecule has 2 amide bonds. The zero-order chi connectivity index (χ0) is 27.8. The van der Waals surface area contributed by atoms with Crippen molar-refractivity contribution in [1.29, 1.82) is 0 Å². The Balaban J connectivity index is 1.55. The third kappa shape index (κ3) is 7.37. The normalized spacial score (nSPS) is 25.6. The first-order valence-electron chi connectivity index (χ1n) is 12.5. The number of alkyl halides is 3. The lowest BCUT2D eigenvalue weighted by atomic mass is 9.85. The predicted molar refractivity (Wildman–Crippen MR) is 131 cm³/mol. The van der Waals surface area contributed by atoms with Gasteiger partial charge in [-0.3, -0.25) is 4.79 Å². The van der Waals surface area contributed by atoms with E-state index in [4.69, 9.17) is 4.74 Å². The molecule has 37 heavy (non-hydrogen) atoms. The van der Waals surface area contributed by atoms with Gasteiger partial charge in [0.2, 0.25) is 15.9 Å². The summed E-state index contributed by atoms with van der Waals surface area (Å²) in [6.07, 6.45) is -3.08. The first-order chi connectivity index (χ1) is 17.0. The van der Waals surface area contributed by atoms with Gasteiger partial charge in [0.15, 0.2) is 0 Å². The molecule has 0 unspecified atom stereocenters. The molecule has 0 bridgehead atoms. The Morgan fingerprint density at radius 2 is 1.46 bits per heavy atom. The average Bonchev–Trinajstić information content (AvgIpc) is 2.77. The molecule has 0 aromatic heterocycles. The molecule has 12 heteroatoms. The summed E-state index contributed by atoms with van der Waals surface area (Å²) in [5.74, 6) is -0.266. The SMILES string of the molecule is C[C@@H]1CN(C(=O)OC(C)(C)C)C[C@H](C)N1C(=O)[C@H]1CC[C@H](NS(=O)(=O)c2ccc(C(F)(F)F)cc2)CC1. The van der Waals surface area contributed by atoms with E-state index in [-0.39, 0.29) is 28.8 Å². The summed E-state index contributed by atoms with van der Waals surface area (Å²) < 4.78 is 71.7. The van der Waals surface area contributed by atoms with Gasteiger partial charge in [-0.05, 0) is 84.6 Å². The number of benzene rings is 1. The van der Waals surface area contributed by atoms with Crippen LogP contribution in [-0.4, -0.2) is 67.0 Å². The lowest BCUT2D eigenvalue weighted by Gasteiger charge is -2.46. The maximum atomic E-state index is 13.4. The van der Waals surface area contributed by atoms with E-state index in [2.05, 4.69) is 4.72 Å². The van der Waals surface area contributed by atoms with Gasteiger partial charge in [-0.1, -0.05) is 0 Å². The standard InChI is InChI=1S/C25H36F3N3O5S/c1-16-14-30(23(33)36-24(3,4)5)15-17(2)31(16)22(32)18-6-10-20(11-7-18)29-37(34,35)21-12-8-19(9-13-21)25(26,27)28/h8-9,12-13,16-18,20,29H,6-7,10-11,14-15H2,1-5H3/t16-,17+,18-,20-. The first-order valence-corrected chi connectivity index (χ1v) is 14.0. The lowest BCUT2D eigenvalue weighted by molar-refractivity contribution is -0.144. The zero-order valence-corrected chi connectivity index (χ0v) is 22.7. The topological polar surface area (TPSA) is 96.0 Å². The molecule has 2 fully saturated rings. The van der Waals surface area contributed by atoms with Crippen LogP contribution in [0.1, 0.15) is 65.9 Å². The van der Waals surface area contributed by atoms with E-state index in [0.29, 0.717) is 38.8 Å². The second-order valence-corrected chi connectivity index (χ2v) is 12.7. The van der Waals surface area contributed by atoms with Crippen LogP contribution in [0.3, 0.4) is 0 Å². The van der Waals surface area contributed by atoms with E-state index in [0.717, 1.165) is 24.3 Å². The molecule has 1 aromatic rings. The maximum Gasteiger partial charge on any atom is 0.416 e. The van der Waals surface area contributed by atoms with Crippen molar-refractivity contribution in [3.8, 4) is 0 Å². The third-order valence-electron chi connectivity index (χ3n) is 6.72. The number of hydrogen-bond acceptors (Lipinski definition) is 5. The van der Waals surface area contributed by atoms with Crippen molar-refractivity contribution in [3.05, 3.63) is 29.8 Å². The smallest absolute Gasteiger partial charge is 0.416 e. The zero-order valence-electron chi connectivity index (χ0n) is 21.8. The number of sulfonamides is 1. The fourth-order valence-corrected chi connectivity index (χ4v) is 6.32. The number of rotatable bonds is 4. The summed E-state index contributed by atoms with van der Waals surface area (Å²) in [6, 6.07) is 2.58. The summed E-state index contributed by atoms with van der Waals surface area (Å²) in [7, 11) is -3.99. The summed E-state index contributed by atoms with van der Waals surface area (Å²) >= 11 is 0. The van der Waals surface area contributed by atoms with Crippen molar-refractivity contribution in [3.63, 3.8) is 0 Å². The van der Waals surface area contributed by atoms with Gasteiger partial charge in [-0.25, -0.2) is 17.9 Å². The Kier molecular flexibility index (Phi) is 8.53. The number of amides is 2. The Bertz CT molecular complexity index is 1070. The Hall–Kier alpha value is -2.34. The molecule has 1 aliphatic carbocycles. The van der Waals surface area contributed by atoms with Crippen molar-refractivity contribution >= 4 is 22.0 Å². The minimum Gasteiger partial charge on any atom is -0.444 e. The number of carbonyl (C=O) groups is 2. The highest BCUT2D eigenvalue weighted by molar-refractivity contribution is 7.89. The largest absolute Gasteiger partial charge is 0.444 e. The van der Waals surface area contributed by atoms with Gasteiger partial charge in [0.05, 0.1) is 10.5 Å². The Morgan fingerprint density at radius 1 is 0.946 bits per heavy atom. The molecular formula is C25H36F3N3O5S. The molecule has 208 valence electrons. The van der Waals surface area contributed by atoms with E-state index in [1.54, 1.807) is 25.7 Å². The maximum absolute atomic E-state index is 13.4. The summed E-state index contributed by atoms with van der Waals surface area (Å²) in [4.78, 5) is 29.1. The lowest BCUT2D eigenvalue weighted by Crippen LogP contribution is -2.61. The van der Waals surface area contributed by atoms with Crippen LogP contribution in [0.4, 0.5) is 18.0 Å². The number of hydrogen-bond donors (Lipinski definition) is 1. The molecule has 1 aromatic carbocycles. The van der Waals surface area contributed by atoms with Crippen molar-refractivity contribution in [2.45, 2.75) is 95.1 Å². The molecule has 1 heterocycles. The average molecular weight is 548 g/mol. The van der Waals surface area contributed by atoms with Gasteiger partial charge >= 0.3 is 12.3 Å². The minimum absolute atomic E-state index is 0.00659. The second-order valence-electron chi connectivity index (χ2n) is 11.0. The molecular weight excluding hydrogens is 511 g/mol. The van der Waals surface area contributed by atoms with E-state index in [1.165, 1.54) is 0 Å². The Morgan fingerprint density at radius 3 is 1.92 bits per heavy atom. The van der Waals surface area contributed by atoms with Crippen molar-refractivity contribution in [1.82, 2.24) is 14.5 Å². The molecule has 2 atom stereocenters. The number of halogens is 3. The van der Waals surface area contributed by atoms with E-state index < -0.39 is 39.5 Å². The Labute approximate surface area is 216 Å².